The van der Waals surface area contributed by atoms with Gasteiger partial charge in [0.05, 0.1) is 26.1 Å². The van der Waals surface area contributed by atoms with Crippen molar-refractivity contribution in [3.63, 3.8) is 0 Å². The molecule has 2 unspecified atom stereocenters. The number of carbonyl (C=O) groups excluding carboxylic acids is 2. The van der Waals surface area contributed by atoms with E-state index in [4.69, 9.17) is 19.9 Å². The van der Waals surface area contributed by atoms with Crippen molar-refractivity contribution in [3.8, 4) is 0 Å². The van der Waals surface area contributed by atoms with E-state index in [2.05, 4.69) is 37.0 Å². The summed E-state index contributed by atoms with van der Waals surface area (Å²) in [5, 5.41) is 9.10. The van der Waals surface area contributed by atoms with Gasteiger partial charge in [0.2, 0.25) is 13.4 Å². The van der Waals surface area contributed by atoms with Crippen LogP contribution in [0.1, 0.15) is 32.4 Å². The molecule has 14 nitrogen and oxygen atoms in total. The maximum atomic E-state index is 14.8. The maximum Gasteiger partial charge on any atom is 0.323 e. The van der Waals surface area contributed by atoms with E-state index in [0.29, 0.717) is 23.5 Å². The second-order valence-corrected chi connectivity index (χ2v) is 13.0. The Hall–Kier alpha value is -4.62. The summed E-state index contributed by atoms with van der Waals surface area (Å²) < 4.78 is 33.2. The molecule has 4 aromatic rings. The second kappa shape index (κ2) is 19.4. The average molecular weight is 695 g/mol. The zero-order valence-corrected chi connectivity index (χ0v) is 28.1. The molecule has 2 aromatic heterocycles. The number of nitrogens with zero attached hydrogens (tertiary/aromatic N) is 4. The van der Waals surface area contributed by atoms with E-state index in [-0.39, 0.29) is 58.9 Å². The third kappa shape index (κ3) is 11.5. The van der Waals surface area contributed by atoms with Gasteiger partial charge in [-0.3, -0.25) is 14.2 Å². The summed E-state index contributed by atoms with van der Waals surface area (Å²) in [5.41, 5.74) is 8.62. The lowest BCUT2D eigenvalue weighted by Crippen LogP contribution is -2.46. The number of rotatable bonds is 20. The minimum absolute atomic E-state index is 0. The number of nitrogens with one attached hydrogen (secondary N) is 3. The first-order valence-corrected chi connectivity index (χ1v) is 17.6. The van der Waals surface area contributed by atoms with Gasteiger partial charge >= 0.3 is 11.9 Å². The average Bonchev–Trinajstić information content (AvgIpc) is 3.48. The molecular formula is C34H47N8O6P. The Morgan fingerprint density at radius 3 is 2.00 bits per heavy atom. The quantitative estimate of drug-likeness (QED) is 0.0444. The van der Waals surface area contributed by atoms with Crippen LogP contribution in [0.25, 0.3) is 11.2 Å². The number of nitrogens with two attached hydrogens (primary N) is 1. The molecule has 0 aliphatic heterocycles. The third-order valence-corrected chi connectivity index (χ3v) is 9.08. The van der Waals surface area contributed by atoms with Crippen LogP contribution in [-0.2, 0) is 47.8 Å². The zero-order chi connectivity index (χ0) is 34.4. The first kappa shape index (κ1) is 38.8. The molecule has 2 aromatic carbocycles. The van der Waals surface area contributed by atoms with Crippen LogP contribution in [0.15, 0.2) is 79.6 Å². The van der Waals surface area contributed by atoms with Gasteiger partial charge < -0.3 is 29.8 Å². The first-order valence-electron chi connectivity index (χ1n) is 15.7. The molecule has 0 amide bonds. The number of nitrogen functional groups attached to an aromatic ring is 1. The van der Waals surface area contributed by atoms with E-state index < -0.39 is 31.5 Å². The van der Waals surface area contributed by atoms with Crippen molar-refractivity contribution in [1.82, 2.24) is 29.7 Å². The topological polar surface area (TPSA) is 185 Å². The van der Waals surface area contributed by atoms with Crippen molar-refractivity contribution >= 4 is 42.3 Å². The summed E-state index contributed by atoms with van der Waals surface area (Å²) in [4.78, 5) is 39.3. The first-order chi connectivity index (χ1) is 23.2. The summed E-state index contributed by atoms with van der Waals surface area (Å²) in [7, 11) is -3.86. The molecule has 0 spiro atoms. The summed E-state index contributed by atoms with van der Waals surface area (Å²) in [6.45, 7) is 8.21. The highest BCUT2D eigenvalue weighted by atomic mass is 31.2. The Kier molecular flexibility index (Phi) is 15.4. The van der Waals surface area contributed by atoms with E-state index in [1.54, 1.807) is 30.8 Å². The molecule has 49 heavy (non-hydrogen) atoms. The molecule has 0 saturated carbocycles. The Bertz CT molecular complexity index is 1620. The van der Waals surface area contributed by atoms with Gasteiger partial charge in [-0.15, -0.1) is 6.58 Å². The SMILES string of the molecule is C.C=CCNc1nc(N)nc2c1ncn2CCOCP(=O)(NC(Cc1ccccc1)C(=O)OCC)NC(Cc1ccccc1)C(=O)OCC. The molecule has 2 atom stereocenters. The summed E-state index contributed by atoms with van der Waals surface area (Å²) in [5.74, 6) is -0.618. The fourth-order valence-corrected chi connectivity index (χ4v) is 6.95. The van der Waals surface area contributed by atoms with Crippen molar-refractivity contribution in [2.45, 2.75) is 52.7 Å². The molecule has 264 valence electrons. The Labute approximate surface area is 287 Å². The van der Waals surface area contributed by atoms with E-state index in [0.717, 1.165) is 11.1 Å². The van der Waals surface area contributed by atoms with Crippen molar-refractivity contribution in [1.29, 1.82) is 0 Å². The van der Waals surface area contributed by atoms with Crippen LogP contribution >= 0.6 is 7.44 Å². The molecule has 0 radical (unpaired) electrons. The molecule has 0 fully saturated rings. The van der Waals surface area contributed by atoms with Crippen LogP contribution in [0, 0.1) is 0 Å². The molecule has 0 aliphatic rings. The molecule has 5 N–H and O–H groups in total. The monoisotopic (exact) mass is 694 g/mol. The van der Waals surface area contributed by atoms with Gasteiger partial charge in [0, 0.05) is 13.1 Å². The van der Waals surface area contributed by atoms with Crippen molar-refractivity contribution in [3.05, 3.63) is 90.8 Å². The molecular weight excluding hydrogens is 647 g/mol. The lowest BCUT2D eigenvalue weighted by atomic mass is 10.1. The number of fused-ring (bicyclic) bond motifs is 1. The number of carbonyl (C=O) groups is 2. The number of ether oxygens (including phenoxy) is 3. The minimum atomic E-state index is -3.86. The number of anilines is 2. The highest BCUT2D eigenvalue weighted by Crippen LogP contribution is 2.39. The molecule has 4 rings (SSSR count). The molecule has 2 heterocycles. The van der Waals surface area contributed by atoms with Crippen LogP contribution < -0.4 is 21.2 Å². The fraction of sp³-hybridized carbons (Fsp3) is 0.382. The Balaban J connectivity index is 0.00000650. The largest absolute Gasteiger partial charge is 0.465 e. The predicted octanol–water partition coefficient (Wildman–Crippen LogP) is 4.34. The van der Waals surface area contributed by atoms with Crippen LogP contribution in [-0.4, -0.2) is 76.3 Å². The molecule has 0 saturated heterocycles. The summed E-state index contributed by atoms with van der Waals surface area (Å²) in [6, 6.07) is 16.6. The maximum absolute atomic E-state index is 14.8. The highest BCUT2D eigenvalue weighted by Gasteiger charge is 2.35. The van der Waals surface area contributed by atoms with Gasteiger partial charge in [-0.1, -0.05) is 74.2 Å². The lowest BCUT2D eigenvalue weighted by Gasteiger charge is -2.29. The highest BCUT2D eigenvalue weighted by molar-refractivity contribution is 7.59. The van der Waals surface area contributed by atoms with E-state index >= 15 is 0 Å². The van der Waals surface area contributed by atoms with Gasteiger partial charge in [-0.2, -0.15) is 9.97 Å². The lowest BCUT2D eigenvalue weighted by molar-refractivity contribution is -0.145. The number of aromatic nitrogens is 4. The van der Waals surface area contributed by atoms with Crippen molar-refractivity contribution in [2.24, 2.45) is 0 Å². The number of benzene rings is 2. The van der Waals surface area contributed by atoms with Gasteiger partial charge in [-0.25, -0.2) is 15.2 Å². The standard InChI is InChI=1S/C33H43N8O6P.CH4/c1-4-17-35-29-28-30(38-33(34)37-29)41(22-36-28)18-19-45-23-48(44,39-26(31(42)46-5-2)20-24-13-9-7-10-14-24)40-27(32(43)47-6-3)21-25-15-11-8-12-16-25;/h4,7-16,22,26-27H,1,5-6,17-21,23H2,2-3H3,(H2,39,40,44)(H3,34,35,37,38);1H4. The van der Waals surface area contributed by atoms with Gasteiger partial charge in [-0.05, 0) is 37.8 Å². The fourth-order valence-electron chi connectivity index (χ4n) is 4.94. The normalized spacial score (nSPS) is 13.4. The van der Waals surface area contributed by atoms with Gasteiger partial charge in [0.15, 0.2) is 17.0 Å². The van der Waals surface area contributed by atoms with Crippen LogP contribution in [0.5, 0.6) is 0 Å². The van der Waals surface area contributed by atoms with Crippen LogP contribution in [0.4, 0.5) is 11.8 Å². The summed E-state index contributed by atoms with van der Waals surface area (Å²) in [6.07, 6.45) is 3.30. The Morgan fingerprint density at radius 1 is 0.939 bits per heavy atom. The van der Waals surface area contributed by atoms with E-state index in [1.165, 1.54) is 0 Å². The molecule has 0 bridgehead atoms. The van der Waals surface area contributed by atoms with Crippen molar-refractivity contribution < 1.29 is 28.4 Å². The van der Waals surface area contributed by atoms with E-state index in [9.17, 15) is 14.2 Å². The smallest absolute Gasteiger partial charge is 0.323 e. The number of imidazole rings is 1. The number of hydrogen-bond donors (Lipinski definition) is 4. The van der Waals surface area contributed by atoms with E-state index in [1.807, 2.05) is 60.7 Å². The third-order valence-electron chi connectivity index (χ3n) is 7.08. The zero-order valence-electron chi connectivity index (χ0n) is 27.2. The summed E-state index contributed by atoms with van der Waals surface area (Å²) >= 11 is 0. The number of hydrogen-bond acceptors (Lipinski definition) is 11. The van der Waals surface area contributed by atoms with Gasteiger partial charge in [0.25, 0.3) is 0 Å². The molecule has 15 heteroatoms. The molecule has 0 aliphatic carbocycles. The van der Waals surface area contributed by atoms with Crippen LogP contribution in [0.2, 0.25) is 0 Å². The van der Waals surface area contributed by atoms with Gasteiger partial charge in [0.1, 0.15) is 18.4 Å². The predicted molar refractivity (Wildman–Crippen MR) is 191 cm³/mol. The van der Waals surface area contributed by atoms with Crippen molar-refractivity contribution in [2.75, 3.05) is 43.8 Å². The number of esters is 2. The second-order valence-electron chi connectivity index (χ2n) is 10.7. The Morgan fingerprint density at radius 2 is 1.49 bits per heavy atom. The minimum Gasteiger partial charge on any atom is -0.465 e. The van der Waals surface area contributed by atoms with Crippen LogP contribution in [0.3, 0.4) is 0 Å².